The van der Waals surface area contributed by atoms with Crippen molar-refractivity contribution < 1.29 is 9.59 Å². The van der Waals surface area contributed by atoms with Crippen LogP contribution in [0.15, 0.2) is 0 Å². The zero-order valence-corrected chi connectivity index (χ0v) is 11.3. The van der Waals surface area contributed by atoms with Crippen LogP contribution in [0.4, 0.5) is 0 Å². The van der Waals surface area contributed by atoms with Gasteiger partial charge in [0, 0.05) is 0 Å². The van der Waals surface area contributed by atoms with Gasteiger partial charge in [-0.2, -0.15) is 0 Å². The van der Waals surface area contributed by atoms with Crippen molar-refractivity contribution in [2.45, 2.75) is 51.6 Å². The standard InChI is InChI=1S/C12H26N4O2/c1-8(2)7-10(11(15)17)16-12(18)9(14)5-3-4-6-13/h8-10H,3-7,13-14H2,1-2H3,(H2,15,17)(H,16,18)/t9-,10-/m0/s1. The van der Waals surface area contributed by atoms with Gasteiger partial charge < -0.3 is 22.5 Å². The van der Waals surface area contributed by atoms with Gasteiger partial charge in [-0.15, -0.1) is 0 Å². The maximum absolute atomic E-state index is 11.8. The molecule has 0 bridgehead atoms. The highest BCUT2D eigenvalue weighted by atomic mass is 16.2. The molecule has 0 fully saturated rings. The summed E-state index contributed by atoms with van der Waals surface area (Å²) in [7, 11) is 0. The Morgan fingerprint density at radius 2 is 1.83 bits per heavy atom. The van der Waals surface area contributed by atoms with Gasteiger partial charge in [-0.1, -0.05) is 20.3 Å². The second-order valence-electron chi connectivity index (χ2n) is 4.98. The lowest BCUT2D eigenvalue weighted by Gasteiger charge is -2.20. The van der Waals surface area contributed by atoms with Crippen molar-refractivity contribution in [3.63, 3.8) is 0 Å². The molecule has 0 radical (unpaired) electrons. The Balaban J connectivity index is 4.19. The summed E-state index contributed by atoms with van der Waals surface area (Å²) in [5.41, 5.74) is 16.3. The third kappa shape index (κ3) is 7.24. The van der Waals surface area contributed by atoms with Crippen molar-refractivity contribution >= 4 is 11.8 Å². The molecule has 6 heteroatoms. The predicted octanol–water partition coefficient (Wildman–Crippen LogP) is -0.541. The van der Waals surface area contributed by atoms with Crippen molar-refractivity contribution in [2.24, 2.45) is 23.1 Å². The maximum atomic E-state index is 11.8. The number of unbranched alkanes of at least 4 members (excludes halogenated alkanes) is 1. The van der Waals surface area contributed by atoms with Gasteiger partial charge in [-0.3, -0.25) is 9.59 Å². The third-order valence-corrected chi connectivity index (χ3v) is 2.67. The van der Waals surface area contributed by atoms with Crippen LogP contribution in [0.1, 0.15) is 39.5 Å². The summed E-state index contributed by atoms with van der Waals surface area (Å²) >= 11 is 0. The molecule has 0 aromatic heterocycles. The van der Waals surface area contributed by atoms with Crippen LogP contribution in [-0.2, 0) is 9.59 Å². The first-order chi connectivity index (χ1) is 8.38. The van der Waals surface area contributed by atoms with Crippen LogP contribution in [0, 0.1) is 5.92 Å². The van der Waals surface area contributed by atoms with Gasteiger partial charge in [-0.05, 0) is 31.7 Å². The van der Waals surface area contributed by atoms with Crippen molar-refractivity contribution in [1.29, 1.82) is 0 Å². The van der Waals surface area contributed by atoms with E-state index in [-0.39, 0.29) is 11.8 Å². The minimum absolute atomic E-state index is 0.274. The predicted molar refractivity (Wildman–Crippen MR) is 71.5 cm³/mol. The van der Waals surface area contributed by atoms with Crippen LogP contribution in [0.3, 0.4) is 0 Å². The average Bonchev–Trinajstić information content (AvgIpc) is 2.27. The van der Waals surface area contributed by atoms with E-state index in [9.17, 15) is 9.59 Å². The van der Waals surface area contributed by atoms with E-state index in [1.807, 2.05) is 13.8 Å². The first-order valence-electron chi connectivity index (χ1n) is 6.43. The van der Waals surface area contributed by atoms with Crippen LogP contribution >= 0.6 is 0 Å². The molecule has 6 nitrogen and oxygen atoms in total. The highest BCUT2D eigenvalue weighted by molar-refractivity contribution is 5.88. The van der Waals surface area contributed by atoms with Crippen LogP contribution < -0.4 is 22.5 Å². The van der Waals surface area contributed by atoms with E-state index in [1.165, 1.54) is 0 Å². The molecule has 0 saturated heterocycles. The van der Waals surface area contributed by atoms with Crippen LogP contribution in [0.25, 0.3) is 0 Å². The van der Waals surface area contributed by atoms with E-state index in [2.05, 4.69) is 5.32 Å². The van der Waals surface area contributed by atoms with Crippen LogP contribution in [-0.4, -0.2) is 30.4 Å². The zero-order valence-electron chi connectivity index (χ0n) is 11.3. The third-order valence-electron chi connectivity index (χ3n) is 2.67. The molecule has 0 saturated carbocycles. The molecule has 106 valence electrons. The van der Waals surface area contributed by atoms with E-state index in [0.717, 1.165) is 12.8 Å². The lowest BCUT2D eigenvalue weighted by Crippen LogP contribution is -2.50. The number of nitrogens with one attached hydrogen (secondary N) is 1. The molecule has 0 aromatic rings. The fourth-order valence-electron chi connectivity index (χ4n) is 1.64. The molecule has 18 heavy (non-hydrogen) atoms. The molecule has 0 aliphatic rings. The molecule has 2 atom stereocenters. The average molecular weight is 258 g/mol. The minimum atomic E-state index is -0.641. The SMILES string of the molecule is CC(C)C[C@H](NC(=O)[C@@H](N)CCCCN)C(N)=O. The molecule has 2 amide bonds. The van der Waals surface area contributed by atoms with Gasteiger partial charge in [-0.25, -0.2) is 0 Å². The number of nitrogens with two attached hydrogens (primary N) is 3. The summed E-state index contributed by atoms with van der Waals surface area (Å²) in [5, 5.41) is 2.60. The molecule has 0 aromatic carbocycles. The van der Waals surface area contributed by atoms with Gasteiger partial charge in [0.25, 0.3) is 0 Å². The Kier molecular flexibility index (Phi) is 8.32. The number of rotatable bonds is 9. The number of carbonyl (C=O) groups is 2. The highest BCUT2D eigenvalue weighted by Crippen LogP contribution is 2.05. The summed E-state index contributed by atoms with van der Waals surface area (Å²) in [6, 6.07) is -1.25. The Morgan fingerprint density at radius 3 is 2.28 bits per heavy atom. The molecule has 7 N–H and O–H groups in total. The summed E-state index contributed by atoms with van der Waals surface area (Å²) in [4.78, 5) is 23.0. The van der Waals surface area contributed by atoms with Crippen molar-refractivity contribution in [2.75, 3.05) is 6.54 Å². The van der Waals surface area contributed by atoms with Gasteiger partial charge in [0.1, 0.15) is 6.04 Å². The lowest BCUT2D eigenvalue weighted by molar-refractivity contribution is -0.128. The molecular formula is C12H26N4O2. The lowest BCUT2D eigenvalue weighted by atomic mass is 10.0. The van der Waals surface area contributed by atoms with Gasteiger partial charge in [0.2, 0.25) is 11.8 Å². The van der Waals surface area contributed by atoms with E-state index < -0.39 is 18.0 Å². The van der Waals surface area contributed by atoms with E-state index >= 15 is 0 Å². The number of amides is 2. The molecule has 0 heterocycles. The van der Waals surface area contributed by atoms with Crippen molar-refractivity contribution in [3.8, 4) is 0 Å². The molecule has 0 spiro atoms. The van der Waals surface area contributed by atoms with Gasteiger partial charge in [0.05, 0.1) is 6.04 Å². The number of hydrogen-bond donors (Lipinski definition) is 4. The number of carbonyl (C=O) groups excluding carboxylic acids is 2. The summed E-state index contributed by atoms with van der Waals surface area (Å²) < 4.78 is 0. The normalized spacial score (nSPS) is 14.3. The first kappa shape index (κ1) is 16.9. The molecular weight excluding hydrogens is 232 g/mol. The fourth-order valence-corrected chi connectivity index (χ4v) is 1.64. The minimum Gasteiger partial charge on any atom is -0.368 e. The smallest absolute Gasteiger partial charge is 0.240 e. The Hall–Kier alpha value is -1.14. The zero-order chi connectivity index (χ0) is 14.1. The second-order valence-corrected chi connectivity index (χ2v) is 4.98. The summed E-state index contributed by atoms with van der Waals surface area (Å²) in [6.45, 7) is 4.51. The maximum Gasteiger partial charge on any atom is 0.240 e. The summed E-state index contributed by atoms with van der Waals surface area (Å²) in [5.74, 6) is -0.570. The van der Waals surface area contributed by atoms with Gasteiger partial charge in [0.15, 0.2) is 0 Å². The van der Waals surface area contributed by atoms with Crippen LogP contribution in [0.2, 0.25) is 0 Å². The quantitative estimate of drug-likeness (QED) is 0.414. The van der Waals surface area contributed by atoms with Gasteiger partial charge >= 0.3 is 0 Å². The van der Waals surface area contributed by atoms with E-state index in [4.69, 9.17) is 17.2 Å². The molecule has 0 aliphatic heterocycles. The summed E-state index contributed by atoms with van der Waals surface area (Å²) in [6.07, 6.45) is 2.73. The molecule has 0 unspecified atom stereocenters. The molecule has 0 aliphatic carbocycles. The highest BCUT2D eigenvalue weighted by Gasteiger charge is 2.22. The Morgan fingerprint density at radius 1 is 1.22 bits per heavy atom. The van der Waals surface area contributed by atoms with E-state index in [1.54, 1.807) is 0 Å². The topological polar surface area (TPSA) is 124 Å². The van der Waals surface area contributed by atoms with Crippen molar-refractivity contribution in [3.05, 3.63) is 0 Å². The largest absolute Gasteiger partial charge is 0.368 e. The monoisotopic (exact) mass is 258 g/mol. The van der Waals surface area contributed by atoms with E-state index in [0.29, 0.717) is 19.4 Å². The second kappa shape index (κ2) is 8.88. The number of primary amides is 1. The Bertz CT molecular complexity index is 269. The first-order valence-corrected chi connectivity index (χ1v) is 6.43. The Labute approximate surface area is 109 Å². The van der Waals surface area contributed by atoms with Crippen LogP contribution in [0.5, 0.6) is 0 Å². The number of hydrogen-bond acceptors (Lipinski definition) is 4. The fraction of sp³-hybridized carbons (Fsp3) is 0.833. The molecule has 0 rings (SSSR count). The van der Waals surface area contributed by atoms with Crippen molar-refractivity contribution in [1.82, 2.24) is 5.32 Å².